The molecule has 0 bridgehead atoms. The molecule has 0 radical (unpaired) electrons. The molecule has 2 aromatic rings. The van der Waals surface area contributed by atoms with Crippen LogP contribution in [0.3, 0.4) is 0 Å². The van der Waals surface area contributed by atoms with Crippen molar-refractivity contribution in [1.29, 1.82) is 0 Å². The van der Waals surface area contributed by atoms with E-state index in [-0.39, 0.29) is 0 Å². The van der Waals surface area contributed by atoms with Crippen LogP contribution in [0, 0.1) is 0 Å². The van der Waals surface area contributed by atoms with Gasteiger partial charge in [0.05, 0.1) is 39.9 Å². The monoisotopic (exact) mass is 482 g/mol. The molecule has 0 aliphatic rings. The zero-order valence-corrected chi connectivity index (χ0v) is 18.6. The third kappa shape index (κ3) is 4.32. The average molecular weight is 485 g/mol. The SMILES string of the molecule is CSc1cc(Cl)c(Sc2c(Cl)cc(SC)c(Cl)c2Cl)c(Cl)c1Cl. The second-order valence-electron chi connectivity index (χ2n) is 4.14. The predicted molar refractivity (Wildman–Crippen MR) is 111 cm³/mol. The fourth-order valence-electron chi connectivity index (χ4n) is 1.70. The van der Waals surface area contributed by atoms with E-state index in [2.05, 4.69) is 0 Å². The molecule has 0 aliphatic heterocycles. The largest absolute Gasteiger partial charge is 0.128 e. The highest BCUT2D eigenvalue weighted by atomic mass is 35.5. The highest BCUT2D eigenvalue weighted by Crippen LogP contribution is 2.51. The summed E-state index contributed by atoms with van der Waals surface area (Å²) < 4.78 is 0. The third-order valence-corrected chi connectivity index (χ3v) is 8.59. The Balaban J connectivity index is 2.57. The van der Waals surface area contributed by atoms with Crippen LogP contribution in [0.5, 0.6) is 0 Å². The number of thioether (sulfide) groups is 2. The van der Waals surface area contributed by atoms with Crippen LogP contribution in [-0.4, -0.2) is 12.5 Å². The minimum absolute atomic E-state index is 0.366. The first-order valence-electron chi connectivity index (χ1n) is 5.92. The molecule has 0 aromatic heterocycles. The van der Waals surface area contributed by atoms with Gasteiger partial charge in [0.15, 0.2) is 0 Å². The van der Waals surface area contributed by atoms with Crippen molar-refractivity contribution in [2.45, 2.75) is 19.6 Å². The zero-order chi connectivity index (χ0) is 17.3. The summed E-state index contributed by atoms with van der Waals surface area (Å²) in [6, 6.07) is 3.53. The molecule has 0 saturated carbocycles. The molecule has 0 unspecified atom stereocenters. The number of benzene rings is 2. The molecule has 23 heavy (non-hydrogen) atoms. The summed E-state index contributed by atoms with van der Waals surface area (Å²) in [4.78, 5) is 2.79. The lowest BCUT2D eigenvalue weighted by Crippen LogP contribution is -1.87. The minimum atomic E-state index is 0.366. The first-order chi connectivity index (χ1) is 10.8. The summed E-state index contributed by atoms with van der Waals surface area (Å²) in [5.74, 6) is 0. The van der Waals surface area contributed by atoms with E-state index < -0.39 is 0 Å². The Labute approximate surface area is 177 Å². The van der Waals surface area contributed by atoms with Gasteiger partial charge in [-0.2, -0.15) is 0 Å². The standard InChI is InChI=1S/C14H8Cl6S3/c1-21-7-3-5(15)13(11(19)9(7)17)23-14-6(16)4-8(22-2)10(18)12(14)20/h3-4H,1-2H3. The molecule has 0 amide bonds. The van der Waals surface area contributed by atoms with E-state index in [0.29, 0.717) is 39.9 Å². The molecule has 124 valence electrons. The number of hydrogen-bond acceptors (Lipinski definition) is 3. The molecule has 0 fully saturated rings. The third-order valence-electron chi connectivity index (χ3n) is 2.81. The molecule has 0 aliphatic carbocycles. The normalized spacial score (nSPS) is 11.1. The van der Waals surface area contributed by atoms with Gasteiger partial charge in [-0.05, 0) is 24.6 Å². The molecule has 2 rings (SSSR count). The average Bonchev–Trinajstić information content (AvgIpc) is 2.53. The molecule has 0 spiro atoms. The summed E-state index contributed by atoms with van der Waals surface area (Å²) in [5, 5.41) is 2.59. The summed E-state index contributed by atoms with van der Waals surface area (Å²) in [6.07, 6.45) is 3.80. The quantitative estimate of drug-likeness (QED) is 0.313. The van der Waals surface area contributed by atoms with Gasteiger partial charge in [0.1, 0.15) is 0 Å². The van der Waals surface area contributed by atoms with Crippen molar-refractivity contribution in [3.05, 3.63) is 42.3 Å². The van der Waals surface area contributed by atoms with Crippen molar-refractivity contribution in [1.82, 2.24) is 0 Å². The summed E-state index contributed by atoms with van der Waals surface area (Å²) in [5.41, 5.74) is 0. The van der Waals surface area contributed by atoms with Crippen molar-refractivity contribution < 1.29 is 0 Å². The van der Waals surface area contributed by atoms with Gasteiger partial charge in [-0.25, -0.2) is 0 Å². The van der Waals surface area contributed by atoms with Crippen LogP contribution in [0.15, 0.2) is 31.7 Å². The number of rotatable bonds is 4. The van der Waals surface area contributed by atoms with Gasteiger partial charge in [-0.1, -0.05) is 81.4 Å². The second kappa shape index (κ2) is 8.75. The molecule has 0 N–H and O–H groups in total. The van der Waals surface area contributed by atoms with Crippen LogP contribution in [0.1, 0.15) is 0 Å². The maximum atomic E-state index is 6.36. The van der Waals surface area contributed by atoms with E-state index in [1.807, 2.05) is 12.5 Å². The molecule has 2 aromatic carbocycles. The second-order valence-corrected chi connectivity index (χ2v) is 9.18. The highest BCUT2D eigenvalue weighted by molar-refractivity contribution is 8.00. The van der Waals surface area contributed by atoms with Crippen molar-refractivity contribution in [3.63, 3.8) is 0 Å². The van der Waals surface area contributed by atoms with Crippen LogP contribution in [-0.2, 0) is 0 Å². The van der Waals surface area contributed by atoms with Gasteiger partial charge < -0.3 is 0 Å². The van der Waals surface area contributed by atoms with Gasteiger partial charge in [0, 0.05) is 9.79 Å². The Kier molecular flexibility index (Phi) is 7.81. The Hall–Kier alpha value is 1.23. The van der Waals surface area contributed by atoms with E-state index in [4.69, 9.17) is 69.6 Å². The summed E-state index contributed by atoms with van der Waals surface area (Å²) >= 11 is 42.1. The molecular weight excluding hydrogens is 477 g/mol. The van der Waals surface area contributed by atoms with Gasteiger partial charge in [-0.3, -0.25) is 0 Å². The Bertz CT molecular complexity index is 700. The fourth-order valence-corrected chi connectivity index (χ4v) is 6.12. The van der Waals surface area contributed by atoms with Crippen LogP contribution in [0.2, 0.25) is 30.1 Å². The highest BCUT2D eigenvalue weighted by Gasteiger charge is 2.20. The molecule has 9 heteroatoms. The van der Waals surface area contributed by atoms with Crippen molar-refractivity contribution >= 4 is 105 Å². The van der Waals surface area contributed by atoms with Crippen LogP contribution >= 0.6 is 105 Å². The molecular formula is C14H8Cl6S3. The lowest BCUT2D eigenvalue weighted by atomic mass is 10.3. The smallest absolute Gasteiger partial charge is 0.0758 e. The molecule has 0 saturated heterocycles. The molecule has 0 nitrogen and oxygen atoms in total. The summed E-state index contributed by atoms with van der Waals surface area (Å²) in [6.45, 7) is 0. The number of hydrogen-bond donors (Lipinski definition) is 0. The van der Waals surface area contributed by atoms with Crippen LogP contribution in [0.4, 0.5) is 0 Å². The topological polar surface area (TPSA) is 0 Å². The van der Waals surface area contributed by atoms with E-state index in [1.54, 1.807) is 12.1 Å². The van der Waals surface area contributed by atoms with E-state index in [0.717, 1.165) is 9.79 Å². The first kappa shape index (κ1) is 20.5. The maximum Gasteiger partial charge on any atom is 0.0758 e. The lowest BCUT2D eigenvalue weighted by Gasteiger charge is -2.15. The van der Waals surface area contributed by atoms with Crippen LogP contribution in [0.25, 0.3) is 0 Å². The maximum absolute atomic E-state index is 6.36. The number of halogens is 6. The fraction of sp³-hybridized carbons (Fsp3) is 0.143. The Morgan fingerprint density at radius 1 is 0.609 bits per heavy atom. The minimum Gasteiger partial charge on any atom is -0.128 e. The van der Waals surface area contributed by atoms with Gasteiger partial charge in [0.2, 0.25) is 0 Å². The van der Waals surface area contributed by atoms with Crippen molar-refractivity contribution in [2.75, 3.05) is 12.5 Å². The predicted octanol–water partition coefficient (Wildman–Crippen LogP) is 9.20. The van der Waals surface area contributed by atoms with Crippen LogP contribution < -0.4 is 0 Å². The van der Waals surface area contributed by atoms with Crippen molar-refractivity contribution in [3.8, 4) is 0 Å². The van der Waals surface area contributed by atoms with E-state index in [1.165, 1.54) is 35.3 Å². The van der Waals surface area contributed by atoms with Gasteiger partial charge in [-0.15, -0.1) is 23.5 Å². The zero-order valence-electron chi connectivity index (χ0n) is 11.6. The van der Waals surface area contributed by atoms with E-state index >= 15 is 0 Å². The lowest BCUT2D eigenvalue weighted by molar-refractivity contribution is 1.32. The van der Waals surface area contributed by atoms with Gasteiger partial charge >= 0.3 is 0 Å². The van der Waals surface area contributed by atoms with E-state index in [9.17, 15) is 0 Å². The Morgan fingerprint density at radius 3 is 1.26 bits per heavy atom. The Morgan fingerprint density at radius 2 is 0.957 bits per heavy atom. The first-order valence-corrected chi connectivity index (χ1v) is 11.5. The van der Waals surface area contributed by atoms with Crippen molar-refractivity contribution in [2.24, 2.45) is 0 Å². The van der Waals surface area contributed by atoms with Gasteiger partial charge in [0.25, 0.3) is 0 Å². The summed E-state index contributed by atoms with van der Waals surface area (Å²) in [7, 11) is 0. The molecule has 0 heterocycles. The molecule has 0 atom stereocenters.